The maximum absolute atomic E-state index is 11.9. The molecule has 0 aromatic carbocycles. The van der Waals surface area contributed by atoms with Crippen LogP contribution in [0.15, 0.2) is 0 Å². The first-order valence-electron chi connectivity index (χ1n) is 7.29. The SMILES string of the molecule is CCCc1nc(C(=O)NCCN2CCN(C)CC2)n[nH]1. The van der Waals surface area contributed by atoms with Crippen molar-refractivity contribution in [1.82, 2.24) is 30.3 Å². The average molecular weight is 280 g/mol. The Bertz CT molecular complexity index is 424. The molecule has 2 N–H and O–H groups in total. The molecule has 0 bridgehead atoms. The first-order valence-corrected chi connectivity index (χ1v) is 7.29. The van der Waals surface area contributed by atoms with Crippen molar-refractivity contribution in [2.24, 2.45) is 0 Å². The lowest BCUT2D eigenvalue weighted by atomic mass is 10.3. The Kier molecular flexibility index (Phi) is 5.49. The van der Waals surface area contributed by atoms with Crippen molar-refractivity contribution in [2.45, 2.75) is 19.8 Å². The van der Waals surface area contributed by atoms with Gasteiger partial charge in [-0.25, -0.2) is 4.98 Å². The molecule has 20 heavy (non-hydrogen) atoms. The van der Waals surface area contributed by atoms with Crippen LogP contribution in [-0.4, -0.2) is 77.2 Å². The lowest BCUT2D eigenvalue weighted by Gasteiger charge is -2.32. The Morgan fingerprint density at radius 2 is 2.10 bits per heavy atom. The number of hydrogen-bond acceptors (Lipinski definition) is 5. The third-order valence-electron chi connectivity index (χ3n) is 3.53. The number of nitrogens with one attached hydrogen (secondary N) is 2. The van der Waals surface area contributed by atoms with Gasteiger partial charge in [-0.2, -0.15) is 0 Å². The summed E-state index contributed by atoms with van der Waals surface area (Å²) in [7, 11) is 2.14. The molecule has 112 valence electrons. The molecular formula is C13H24N6O. The van der Waals surface area contributed by atoms with Crippen LogP contribution in [0.3, 0.4) is 0 Å². The standard InChI is InChI=1S/C13H24N6O/c1-3-4-11-15-12(17-16-11)13(20)14-5-6-19-9-7-18(2)8-10-19/h3-10H2,1-2H3,(H,14,20)(H,15,16,17). The van der Waals surface area contributed by atoms with Crippen LogP contribution in [0.1, 0.15) is 29.8 Å². The second kappa shape index (κ2) is 7.35. The van der Waals surface area contributed by atoms with Gasteiger partial charge in [-0.15, -0.1) is 5.10 Å². The number of aryl methyl sites for hydroxylation is 1. The summed E-state index contributed by atoms with van der Waals surface area (Å²) in [4.78, 5) is 20.7. The summed E-state index contributed by atoms with van der Waals surface area (Å²) in [6.45, 7) is 7.90. The second-order valence-corrected chi connectivity index (χ2v) is 5.26. The van der Waals surface area contributed by atoms with Crippen LogP contribution in [0.25, 0.3) is 0 Å². The van der Waals surface area contributed by atoms with E-state index in [1.54, 1.807) is 0 Å². The van der Waals surface area contributed by atoms with Gasteiger partial charge in [0, 0.05) is 45.7 Å². The van der Waals surface area contributed by atoms with Gasteiger partial charge in [0.05, 0.1) is 0 Å². The number of piperazine rings is 1. The zero-order chi connectivity index (χ0) is 14.4. The quantitative estimate of drug-likeness (QED) is 0.750. The summed E-state index contributed by atoms with van der Waals surface area (Å²) in [5.74, 6) is 0.821. The number of H-pyrrole nitrogens is 1. The number of likely N-dealkylation sites (N-methyl/N-ethyl adjacent to an activating group) is 1. The van der Waals surface area contributed by atoms with Crippen molar-refractivity contribution < 1.29 is 4.79 Å². The number of hydrogen-bond donors (Lipinski definition) is 2. The molecule has 0 unspecified atom stereocenters. The van der Waals surface area contributed by atoms with Gasteiger partial charge in [0.1, 0.15) is 5.82 Å². The van der Waals surface area contributed by atoms with Gasteiger partial charge in [0.2, 0.25) is 5.82 Å². The molecule has 1 aromatic rings. The maximum atomic E-state index is 11.9. The Morgan fingerprint density at radius 3 is 2.80 bits per heavy atom. The summed E-state index contributed by atoms with van der Waals surface area (Å²) in [6, 6.07) is 0. The number of rotatable bonds is 6. The van der Waals surface area contributed by atoms with Crippen LogP contribution < -0.4 is 5.32 Å². The van der Waals surface area contributed by atoms with Crippen molar-refractivity contribution in [3.05, 3.63) is 11.6 Å². The van der Waals surface area contributed by atoms with Gasteiger partial charge in [-0.3, -0.25) is 14.8 Å². The van der Waals surface area contributed by atoms with Gasteiger partial charge in [0.15, 0.2) is 0 Å². The monoisotopic (exact) mass is 280 g/mol. The highest BCUT2D eigenvalue weighted by atomic mass is 16.2. The Balaban J connectivity index is 1.69. The molecule has 1 amide bonds. The van der Waals surface area contributed by atoms with Gasteiger partial charge in [-0.1, -0.05) is 6.92 Å². The molecule has 0 aliphatic carbocycles. The Morgan fingerprint density at radius 1 is 1.35 bits per heavy atom. The van der Waals surface area contributed by atoms with E-state index in [9.17, 15) is 4.79 Å². The third kappa shape index (κ3) is 4.28. The molecule has 0 spiro atoms. The highest BCUT2D eigenvalue weighted by molar-refractivity contribution is 5.90. The fourth-order valence-corrected chi connectivity index (χ4v) is 2.22. The van der Waals surface area contributed by atoms with Crippen molar-refractivity contribution in [2.75, 3.05) is 46.3 Å². The summed E-state index contributed by atoms with van der Waals surface area (Å²) in [5.41, 5.74) is 0. The molecule has 1 aliphatic rings. The molecular weight excluding hydrogens is 256 g/mol. The van der Waals surface area contributed by atoms with E-state index < -0.39 is 0 Å². The number of carbonyl (C=O) groups is 1. The molecule has 1 aliphatic heterocycles. The number of nitrogens with zero attached hydrogens (tertiary/aromatic N) is 4. The Labute approximate surface area is 119 Å². The van der Waals surface area contributed by atoms with E-state index >= 15 is 0 Å². The topological polar surface area (TPSA) is 77.2 Å². The van der Waals surface area contributed by atoms with Crippen molar-refractivity contribution in [3.63, 3.8) is 0 Å². The molecule has 1 aromatic heterocycles. The molecule has 7 nitrogen and oxygen atoms in total. The first kappa shape index (κ1) is 14.9. The normalized spacial score (nSPS) is 17.3. The van der Waals surface area contributed by atoms with E-state index in [4.69, 9.17) is 0 Å². The van der Waals surface area contributed by atoms with Crippen LogP contribution >= 0.6 is 0 Å². The first-order chi connectivity index (χ1) is 9.69. The fourth-order valence-electron chi connectivity index (χ4n) is 2.22. The molecule has 0 saturated carbocycles. The van der Waals surface area contributed by atoms with Gasteiger partial charge >= 0.3 is 0 Å². The van der Waals surface area contributed by atoms with Crippen LogP contribution in [0.5, 0.6) is 0 Å². The summed E-state index contributed by atoms with van der Waals surface area (Å²) in [5, 5.41) is 9.61. The zero-order valence-corrected chi connectivity index (χ0v) is 12.4. The van der Waals surface area contributed by atoms with Crippen molar-refractivity contribution in [3.8, 4) is 0 Å². The van der Waals surface area contributed by atoms with Gasteiger partial charge in [0.25, 0.3) is 5.91 Å². The molecule has 2 heterocycles. The predicted molar refractivity (Wildman–Crippen MR) is 76.6 cm³/mol. The molecule has 1 fully saturated rings. The van der Waals surface area contributed by atoms with E-state index in [2.05, 4.69) is 44.3 Å². The lowest BCUT2D eigenvalue weighted by molar-refractivity contribution is 0.0931. The minimum atomic E-state index is -0.197. The van der Waals surface area contributed by atoms with E-state index in [0.717, 1.165) is 51.4 Å². The number of amides is 1. The summed E-state index contributed by atoms with van der Waals surface area (Å²) in [6.07, 6.45) is 1.81. The largest absolute Gasteiger partial charge is 0.348 e. The van der Waals surface area contributed by atoms with Crippen LogP contribution in [0.2, 0.25) is 0 Å². The number of carbonyl (C=O) groups excluding carboxylic acids is 1. The van der Waals surface area contributed by atoms with E-state index in [1.807, 2.05) is 0 Å². The van der Waals surface area contributed by atoms with E-state index in [1.165, 1.54) is 0 Å². The molecule has 0 radical (unpaired) electrons. The van der Waals surface area contributed by atoms with E-state index in [0.29, 0.717) is 6.54 Å². The van der Waals surface area contributed by atoms with Gasteiger partial charge in [-0.05, 0) is 13.5 Å². The number of aromatic nitrogens is 3. The molecule has 0 atom stereocenters. The van der Waals surface area contributed by atoms with Crippen LogP contribution in [0, 0.1) is 0 Å². The lowest BCUT2D eigenvalue weighted by Crippen LogP contribution is -2.47. The fraction of sp³-hybridized carbons (Fsp3) is 0.769. The van der Waals surface area contributed by atoms with Crippen LogP contribution in [0.4, 0.5) is 0 Å². The van der Waals surface area contributed by atoms with E-state index in [-0.39, 0.29) is 11.7 Å². The maximum Gasteiger partial charge on any atom is 0.291 e. The minimum absolute atomic E-state index is 0.197. The van der Waals surface area contributed by atoms with Crippen LogP contribution in [-0.2, 0) is 6.42 Å². The molecule has 1 saturated heterocycles. The molecule has 2 rings (SSSR count). The Hall–Kier alpha value is -1.47. The zero-order valence-electron chi connectivity index (χ0n) is 12.4. The average Bonchev–Trinajstić information content (AvgIpc) is 2.90. The second-order valence-electron chi connectivity index (χ2n) is 5.26. The summed E-state index contributed by atoms with van der Waals surface area (Å²) < 4.78 is 0. The van der Waals surface area contributed by atoms with Crippen molar-refractivity contribution in [1.29, 1.82) is 0 Å². The minimum Gasteiger partial charge on any atom is -0.348 e. The smallest absolute Gasteiger partial charge is 0.291 e. The molecule has 7 heteroatoms. The highest BCUT2D eigenvalue weighted by Crippen LogP contribution is 1.98. The highest BCUT2D eigenvalue weighted by Gasteiger charge is 2.15. The summed E-state index contributed by atoms with van der Waals surface area (Å²) >= 11 is 0. The third-order valence-corrected chi connectivity index (χ3v) is 3.53. The number of aromatic amines is 1. The predicted octanol–water partition coefficient (Wildman–Crippen LogP) is -0.266. The van der Waals surface area contributed by atoms with Crippen molar-refractivity contribution >= 4 is 5.91 Å². The van der Waals surface area contributed by atoms with Gasteiger partial charge < -0.3 is 10.2 Å².